The highest BCUT2D eigenvalue weighted by Crippen LogP contribution is 2.36. The normalized spacial score (nSPS) is 12.4. The van der Waals surface area contributed by atoms with Gasteiger partial charge in [0.2, 0.25) is 0 Å². The van der Waals surface area contributed by atoms with Crippen molar-refractivity contribution < 1.29 is 27.5 Å². The van der Waals surface area contributed by atoms with Crippen LogP contribution >= 0.6 is 0 Å². The fraction of sp³-hybridized carbons (Fsp3) is 0.500. The summed E-state index contributed by atoms with van der Waals surface area (Å²) in [5.41, 5.74) is -3.58. The molecule has 7 heteroatoms. The summed E-state index contributed by atoms with van der Waals surface area (Å²) in [7, 11) is 0. The number of aryl methyl sites for hydroxylation is 1. The van der Waals surface area contributed by atoms with Crippen molar-refractivity contribution in [3.8, 4) is 0 Å². The van der Waals surface area contributed by atoms with Gasteiger partial charge in [0.15, 0.2) is 6.29 Å². The van der Waals surface area contributed by atoms with Crippen molar-refractivity contribution in [2.24, 2.45) is 0 Å². The zero-order chi connectivity index (χ0) is 15.0. The molecule has 0 radical (unpaired) electrons. The first-order chi connectivity index (χ1) is 8.47. The van der Waals surface area contributed by atoms with Crippen LogP contribution in [0.3, 0.4) is 0 Å². The molecule has 106 valence electrons. The Bertz CT molecular complexity index is 510. The van der Waals surface area contributed by atoms with Crippen molar-refractivity contribution in [3.63, 3.8) is 0 Å². The Hall–Kier alpha value is -1.79. The number of hydrogen-bond acceptors (Lipinski definition) is 3. The monoisotopic (exact) mass is 277 g/mol. The Morgan fingerprint density at radius 2 is 1.79 bits per heavy atom. The molecule has 0 saturated heterocycles. The summed E-state index contributed by atoms with van der Waals surface area (Å²) < 4.78 is 43.7. The molecular weight excluding hydrogens is 263 g/mol. The molecule has 1 aromatic rings. The average molecular weight is 277 g/mol. The van der Waals surface area contributed by atoms with E-state index in [0.717, 1.165) is 0 Å². The number of H-pyrrole nitrogens is 1. The highest BCUT2D eigenvalue weighted by molar-refractivity contribution is 5.96. The number of aromatic nitrogens is 1. The SMILES string of the molecule is Cc1[nH]c(C=O)c(C(F)(F)F)c1C(=O)OC(C)(C)C. The van der Waals surface area contributed by atoms with E-state index in [1.165, 1.54) is 6.92 Å². The van der Waals surface area contributed by atoms with Crippen molar-refractivity contribution in [3.05, 3.63) is 22.5 Å². The lowest BCUT2D eigenvalue weighted by molar-refractivity contribution is -0.138. The number of aromatic amines is 1. The first-order valence-corrected chi connectivity index (χ1v) is 5.45. The predicted molar refractivity (Wildman–Crippen MR) is 61.1 cm³/mol. The minimum absolute atomic E-state index is 0.0314. The van der Waals surface area contributed by atoms with Gasteiger partial charge in [-0.25, -0.2) is 4.79 Å². The number of rotatable bonds is 2. The van der Waals surface area contributed by atoms with Crippen molar-refractivity contribution in [2.75, 3.05) is 0 Å². The quantitative estimate of drug-likeness (QED) is 0.667. The van der Waals surface area contributed by atoms with E-state index in [4.69, 9.17) is 4.74 Å². The molecule has 1 N–H and O–H groups in total. The number of halogens is 3. The van der Waals surface area contributed by atoms with Crippen LogP contribution in [-0.4, -0.2) is 22.8 Å². The van der Waals surface area contributed by atoms with Crippen LogP contribution in [0, 0.1) is 6.92 Å². The van der Waals surface area contributed by atoms with Gasteiger partial charge in [0.1, 0.15) is 5.60 Å². The molecule has 19 heavy (non-hydrogen) atoms. The molecule has 0 aliphatic heterocycles. The third kappa shape index (κ3) is 3.36. The second kappa shape index (κ2) is 4.71. The molecule has 0 amide bonds. The van der Waals surface area contributed by atoms with Crippen molar-refractivity contribution >= 4 is 12.3 Å². The maximum absolute atomic E-state index is 12.9. The van der Waals surface area contributed by atoms with Gasteiger partial charge in [-0.1, -0.05) is 0 Å². The Labute approximate surface area is 107 Å². The summed E-state index contributed by atoms with van der Waals surface area (Å²) >= 11 is 0. The summed E-state index contributed by atoms with van der Waals surface area (Å²) in [5, 5.41) is 0. The maximum Gasteiger partial charge on any atom is 0.419 e. The van der Waals surface area contributed by atoms with Gasteiger partial charge in [-0.3, -0.25) is 4.79 Å². The lowest BCUT2D eigenvalue weighted by Gasteiger charge is -2.20. The van der Waals surface area contributed by atoms with Crippen LogP contribution in [0.25, 0.3) is 0 Å². The Morgan fingerprint density at radius 3 is 2.16 bits per heavy atom. The molecule has 1 aromatic heterocycles. The summed E-state index contributed by atoms with van der Waals surface area (Å²) in [5.74, 6) is -1.11. The molecule has 0 spiro atoms. The molecule has 0 atom stereocenters. The molecule has 0 unspecified atom stereocenters. The number of carbonyl (C=O) groups excluding carboxylic acids is 2. The second-order valence-corrected chi connectivity index (χ2v) is 5.03. The smallest absolute Gasteiger partial charge is 0.419 e. The van der Waals surface area contributed by atoms with Crippen LogP contribution in [0.4, 0.5) is 13.2 Å². The minimum Gasteiger partial charge on any atom is -0.456 e. The van der Waals surface area contributed by atoms with Crippen LogP contribution < -0.4 is 0 Å². The number of alkyl halides is 3. The van der Waals surface area contributed by atoms with Crippen LogP contribution in [0.1, 0.15) is 52.9 Å². The zero-order valence-electron chi connectivity index (χ0n) is 10.9. The van der Waals surface area contributed by atoms with E-state index in [1.54, 1.807) is 20.8 Å². The maximum atomic E-state index is 12.9. The number of aldehydes is 1. The summed E-state index contributed by atoms with van der Waals surface area (Å²) in [6.07, 6.45) is -4.78. The van der Waals surface area contributed by atoms with E-state index in [9.17, 15) is 22.8 Å². The van der Waals surface area contributed by atoms with E-state index >= 15 is 0 Å². The molecular formula is C12H14F3NO3. The number of hydrogen-bond donors (Lipinski definition) is 1. The number of carbonyl (C=O) groups is 2. The van der Waals surface area contributed by atoms with Crippen LogP contribution in [0.5, 0.6) is 0 Å². The van der Waals surface area contributed by atoms with Crippen LogP contribution in [0.2, 0.25) is 0 Å². The van der Waals surface area contributed by atoms with Crippen LogP contribution in [0.15, 0.2) is 0 Å². The van der Waals surface area contributed by atoms with E-state index in [1.807, 2.05) is 0 Å². The van der Waals surface area contributed by atoms with Gasteiger partial charge in [0, 0.05) is 5.69 Å². The number of nitrogens with one attached hydrogen (secondary N) is 1. The van der Waals surface area contributed by atoms with E-state index in [-0.39, 0.29) is 12.0 Å². The second-order valence-electron chi connectivity index (χ2n) is 5.03. The molecule has 0 aromatic carbocycles. The van der Waals surface area contributed by atoms with Gasteiger partial charge >= 0.3 is 12.1 Å². The van der Waals surface area contributed by atoms with Gasteiger partial charge in [0.25, 0.3) is 0 Å². The van der Waals surface area contributed by atoms with Gasteiger partial charge in [-0.2, -0.15) is 13.2 Å². The molecule has 0 aliphatic rings. The van der Waals surface area contributed by atoms with Crippen LogP contribution in [-0.2, 0) is 10.9 Å². The van der Waals surface area contributed by atoms with E-state index in [2.05, 4.69) is 4.98 Å². The highest BCUT2D eigenvalue weighted by Gasteiger charge is 2.41. The first-order valence-electron chi connectivity index (χ1n) is 5.45. The number of ether oxygens (including phenoxy) is 1. The van der Waals surface area contributed by atoms with Crippen molar-refractivity contribution in [1.29, 1.82) is 0 Å². The highest BCUT2D eigenvalue weighted by atomic mass is 19.4. The topological polar surface area (TPSA) is 59.2 Å². The standard InChI is InChI=1S/C12H14F3NO3/c1-6-8(10(18)19-11(2,3)4)9(12(13,14)15)7(5-17)16-6/h5,16H,1-4H3. The molecule has 1 heterocycles. The Balaban J connectivity index is 3.39. The molecule has 0 aliphatic carbocycles. The number of esters is 1. The molecule has 0 saturated carbocycles. The fourth-order valence-corrected chi connectivity index (χ4v) is 1.62. The van der Waals surface area contributed by atoms with Gasteiger partial charge in [0.05, 0.1) is 16.8 Å². The van der Waals surface area contributed by atoms with Gasteiger partial charge in [-0.05, 0) is 27.7 Å². The van der Waals surface area contributed by atoms with Crippen molar-refractivity contribution in [2.45, 2.75) is 39.5 Å². The molecule has 1 rings (SSSR count). The summed E-state index contributed by atoms with van der Waals surface area (Å²) in [6, 6.07) is 0. The third-order valence-corrected chi connectivity index (χ3v) is 2.22. The third-order valence-electron chi connectivity index (χ3n) is 2.22. The first kappa shape index (κ1) is 15.3. The van der Waals surface area contributed by atoms with Gasteiger partial charge < -0.3 is 9.72 Å². The predicted octanol–water partition coefficient (Wildman–Crippen LogP) is 3.11. The molecule has 0 fully saturated rings. The van der Waals surface area contributed by atoms with Crippen molar-refractivity contribution in [1.82, 2.24) is 4.98 Å². The fourth-order valence-electron chi connectivity index (χ4n) is 1.62. The zero-order valence-corrected chi connectivity index (χ0v) is 10.9. The Morgan fingerprint density at radius 1 is 1.26 bits per heavy atom. The summed E-state index contributed by atoms with van der Waals surface area (Å²) in [6.45, 7) is 5.91. The van der Waals surface area contributed by atoms with Gasteiger partial charge in [-0.15, -0.1) is 0 Å². The molecule has 4 nitrogen and oxygen atoms in total. The minimum atomic E-state index is -4.81. The lowest BCUT2D eigenvalue weighted by atomic mass is 10.1. The van der Waals surface area contributed by atoms with E-state index < -0.39 is 34.6 Å². The lowest BCUT2D eigenvalue weighted by Crippen LogP contribution is -2.25. The summed E-state index contributed by atoms with van der Waals surface area (Å²) in [4.78, 5) is 24.7. The van der Waals surface area contributed by atoms with E-state index in [0.29, 0.717) is 0 Å². The largest absolute Gasteiger partial charge is 0.456 e. The average Bonchev–Trinajstić information content (AvgIpc) is 2.51. The molecule has 0 bridgehead atoms. The Kier molecular flexibility index (Phi) is 3.79.